The van der Waals surface area contributed by atoms with E-state index in [1.807, 2.05) is 32.0 Å². The highest BCUT2D eigenvalue weighted by molar-refractivity contribution is 5.70. The molecule has 5 nitrogen and oxygen atoms in total. The molecule has 3 rings (SSSR count). The summed E-state index contributed by atoms with van der Waals surface area (Å²) in [5.41, 5.74) is 0.182. The molecule has 1 aliphatic rings. The fraction of sp³-hybridized carbons (Fsp3) is 0.375. The van der Waals surface area contributed by atoms with Gasteiger partial charge in [-0.05, 0) is 44.2 Å². The van der Waals surface area contributed by atoms with E-state index in [0.29, 0.717) is 5.56 Å². The molecule has 1 aromatic heterocycles. The third-order valence-electron chi connectivity index (χ3n) is 4.47. The van der Waals surface area contributed by atoms with Crippen molar-refractivity contribution in [2.45, 2.75) is 38.6 Å². The second-order valence-electron chi connectivity index (χ2n) is 5.96. The number of hydrogen-bond acceptors (Lipinski definition) is 3. The number of aryl methyl sites for hydroxylation is 1. The second kappa shape index (κ2) is 4.62. The van der Waals surface area contributed by atoms with Crippen LogP contribution in [0.25, 0.3) is 11.1 Å². The Morgan fingerprint density at radius 1 is 1.24 bits per heavy atom. The van der Waals surface area contributed by atoms with Crippen molar-refractivity contribution in [2.24, 2.45) is 0 Å². The number of hydrogen-bond donors (Lipinski definition) is 2. The summed E-state index contributed by atoms with van der Waals surface area (Å²) in [5.74, 6) is -0.236. The van der Waals surface area contributed by atoms with Gasteiger partial charge in [-0.15, -0.1) is 0 Å². The number of nitrogens with one attached hydrogen (secondary N) is 1. The molecule has 1 heterocycles. The Labute approximate surface area is 121 Å². The molecule has 1 fully saturated rings. The van der Waals surface area contributed by atoms with Crippen LogP contribution < -0.4 is 11.2 Å². The lowest BCUT2D eigenvalue weighted by atomic mass is 9.78. The van der Waals surface area contributed by atoms with Crippen LogP contribution in [0.15, 0.2) is 33.9 Å². The van der Waals surface area contributed by atoms with Gasteiger partial charge in [0, 0.05) is 5.54 Å². The van der Waals surface area contributed by atoms with Gasteiger partial charge in [0.15, 0.2) is 0 Å². The molecule has 1 aromatic carbocycles. The molecule has 0 unspecified atom stereocenters. The summed E-state index contributed by atoms with van der Waals surface area (Å²) >= 11 is 0. The summed E-state index contributed by atoms with van der Waals surface area (Å²) in [5, 5.41) is 10.6. The lowest BCUT2D eigenvalue weighted by Gasteiger charge is -2.40. The van der Waals surface area contributed by atoms with Gasteiger partial charge < -0.3 is 5.11 Å². The molecule has 5 heteroatoms. The van der Waals surface area contributed by atoms with E-state index in [2.05, 4.69) is 4.98 Å². The summed E-state index contributed by atoms with van der Waals surface area (Å²) in [6, 6.07) is 7.32. The molecule has 2 N–H and O–H groups in total. The SMILES string of the molecule is Cc1ccccc1-c1c(O)n(C2(C)CCC2)c(=O)[nH]c1=O. The zero-order chi connectivity index (χ0) is 15.2. The average Bonchev–Trinajstić information content (AvgIpc) is 2.38. The van der Waals surface area contributed by atoms with Crippen LogP contribution >= 0.6 is 0 Å². The third-order valence-corrected chi connectivity index (χ3v) is 4.47. The monoisotopic (exact) mass is 286 g/mol. The van der Waals surface area contributed by atoms with E-state index in [1.165, 1.54) is 4.57 Å². The number of H-pyrrole nitrogens is 1. The van der Waals surface area contributed by atoms with Crippen LogP contribution in [0.3, 0.4) is 0 Å². The molecule has 0 spiro atoms. The molecule has 0 bridgehead atoms. The predicted octanol–water partition coefficient (Wildman–Crippen LogP) is 2.12. The maximum Gasteiger partial charge on any atom is 0.331 e. The largest absolute Gasteiger partial charge is 0.494 e. The molecule has 0 atom stereocenters. The molecular formula is C16H18N2O3. The zero-order valence-corrected chi connectivity index (χ0v) is 12.1. The van der Waals surface area contributed by atoms with E-state index in [0.717, 1.165) is 24.8 Å². The van der Waals surface area contributed by atoms with Gasteiger partial charge >= 0.3 is 5.69 Å². The van der Waals surface area contributed by atoms with Gasteiger partial charge in [-0.25, -0.2) is 4.79 Å². The Bertz CT molecular complexity index is 813. The van der Waals surface area contributed by atoms with Crippen molar-refractivity contribution in [1.82, 2.24) is 9.55 Å². The van der Waals surface area contributed by atoms with E-state index in [9.17, 15) is 14.7 Å². The molecule has 0 aliphatic heterocycles. The lowest BCUT2D eigenvalue weighted by Crippen LogP contribution is -2.46. The van der Waals surface area contributed by atoms with Gasteiger partial charge in [0.2, 0.25) is 5.88 Å². The number of nitrogens with zero attached hydrogens (tertiary/aromatic N) is 1. The smallest absolute Gasteiger partial charge is 0.331 e. The first-order valence-electron chi connectivity index (χ1n) is 7.09. The molecule has 1 aliphatic carbocycles. The Morgan fingerprint density at radius 3 is 2.48 bits per heavy atom. The van der Waals surface area contributed by atoms with Gasteiger partial charge in [-0.3, -0.25) is 14.3 Å². The van der Waals surface area contributed by atoms with Crippen LogP contribution in [0.4, 0.5) is 0 Å². The summed E-state index contributed by atoms with van der Waals surface area (Å²) in [7, 11) is 0. The van der Waals surface area contributed by atoms with Crippen molar-refractivity contribution in [1.29, 1.82) is 0 Å². The normalized spacial score (nSPS) is 16.5. The molecule has 0 radical (unpaired) electrons. The van der Waals surface area contributed by atoms with Crippen LogP contribution in [0.2, 0.25) is 0 Å². The first kappa shape index (κ1) is 13.7. The van der Waals surface area contributed by atoms with Crippen LogP contribution in [0, 0.1) is 6.92 Å². The Balaban J connectivity index is 2.33. The van der Waals surface area contributed by atoms with Crippen molar-refractivity contribution in [3.05, 3.63) is 50.7 Å². The first-order chi connectivity index (χ1) is 9.94. The summed E-state index contributed by atoms with van der Waals surface area (Å²) in [6.07, 6.45) is 2.65. The zero-order valence-electron chi connectivity index (χ0n) is 12.1. The average molecular weight is 286 g/mol. The quantitative estimate of drug-likeness (QED) is 0.888. The fourth-order valence-corrected chi connectivity index (χ4v) is 3.03. The highest BCUT2D eigenvalue weighted by Crippen LogP contribution is 2.41. The third kappa shape index (κ3) is 2.00. The van der Waals surface area contributed by atoms with Crippen molar-refractivity contribution in [3.8, 4) is 17.0 Å². The molecule has 2 aromatic rings. The molecule has 0 amide bonds. The van der Waals surface area contributed by atoms with Crippen LogP contribution in [0.1, 0.15) is 31.7 Å². The number of aromatic hydroxyl groups is 1. The van der Waals surface area contributed by atoms with Gasteiger partial charge in [0.05, 0.1) is 0 Å². The van der Waals surface area contributed by atoms with E-state index in [1.54, 1.807) is 6.07 Å². The van der Waals surface area contributed by atoms with Crippen molar-refractivity contribution < 1.29 is 5.11 Å². The van der Waals surface area contributed by atoms with Crippen molar-refractivity contribution in [3.63, 3.8) is 0 Å². The van der Waals surface area contributed by atoms with Gasteiger partial charge in [-0.2, -0.15) is 0 Å². The number of aromatic nitrogens is 2. The topological polar surface area (TPSA) is 75.1 Å². The van der Waals surface area contributed by atoms with Crippen molar-refractivity contribution >= 4 is 0 Å². The van der Waals surface area contributed by atoms with Gasteiger partial charge in [0.1, 0.15) is 5.56 Å². The molecule has 0 saturated heterocycles. The van der Waals surface area contributed by atoms with E-state index in [4.69, 9.17) is 0 Å². The highest BCUT2D eigenvalue weighted by Gasteiger charge is 2.37. The maximum atomic E-state index is 12.2. The van der Waals surface area contributed by atoms with Crippen LogP contribution in [0.5, 0.6) is 5.88 Å². The minimum Gasteiger partial charge on any atom is -0.494 e. The lowest BCUT2D eigenvalue weighted by molar-refractivity contribution is 0.144. The summed E-state index contributed by atoms with van der Waals surface area (Å²) in [4.78, 5) is 26.6. The number of benzene rings is 1. The molecular weight excluding hydrogens is 268 g/mol. The summed E-state index contributed by atoms with van der Waals surface area (Å²) < 4.78 is 1.33. The van der Waals surface area contributed by atoms with E-state index in [-0.39, 0.29) is 11.4 Å². The van der Waals surface area contributed by atoms with Crippen LogP contribution in [-0.4, -0.2) is 14.7 Å². The molecule has 1 saturated carbocycles. The van der Waals surface area contributed by atoms with Crippen molar-refractivity contribution in [2.75, 3.05) is 0 Å². The van der Waals surface area contributed by atoms with E-state index >= 15 is 0 Å². The van der Waals surface area contributed by atoms with E-state index < -0.39 is 16.8 Å². The molecule has 21 heavy (non-hydrogen) atoms. The standard InChI is InChI=1S/C16H18N2O3/c1-10-6-3-4-7-11(10)12-13(19)17-15(21)18(14(12)20)16(2)8-5-9-16/h3-4,6-7,20H,5,8-9H2,1-2H3,(H,17,19,21). The first-order valence-corrected chi connectivity index (χ1v) is 7.09. The second-order valence-corrected chi connectivity index (χ2v) is 5.96. The minimum atomic E-state index is -0.550. The summed E-state index contributed by atoms with van der Waals surface area (Å²) in [6.45, 7) is 3.80. The number of rotatable bonds is 2. The highest BCUT2D eigenvalue weighted by atomic mass is 16.3. The Hall–Kier alpha value is -2.30. The Kier molecular flexibility index (Phi) is 3.01. The van der Waals surface area contributed by atoms with Gasteiger partial charge in [0.25, 0.3) is 5.56 Å². The Morgan fingerprint density at radius 2 is 1.90 bits per heavy atom. The number of aromatic amines is 1. The molecule has 110 valence electrons. The fourth-order valence-electron chi connectivity index (χ4n) is 3.03. The maximum absolute atomic E-state index is 12.2. The van der Waals surface area contributed by atoms with Gasteiger partial charge in [-0.1, -0.05) is 24.3 Å². The minimum absolute atomic E-state index is 0.167. The predicted molar refractivity (Wildman–Crippen MR) is 80.7 cm³/mol. The van der Waals surface area contributed by atoms with Crippen LogP contribution in [-0.2, 0) is 5.54 Å².